The molecule has 2 N–H and O–H groups in total. The van der Waals surface area contributed by atoms with E-state index in [4.69, 9.17) is 0 Å². The van der Waals surface area contributed by atoms with Gasteiger partial charge in [0, 0.05) is 38.7 Å². The number of amides is 1. The number of hydrogen-bond donors (Lipinski definition) is 2. The van der Waals surface area contributed by atoms with Crippen LogP contribution < -0.4 is 10.2 Å². The molecule has 1 unspecified atom stereocenters. The van der Waals surface area contributed by atoms with Crippen LogP contribution in [-0.4, -0.2) is 64.7 Å². The number of hydrogen-bond acceptors (Lipinski definition) is 6. The molecule has 0 radical (unpaired) electrons. The number of likely N-dealkylation sites (tertiary alicyclic amines) is 1. The maximum atomic E-state index is 11.5. The molecule has 0 aliphatic carbocycles. The summed E-state index contributed by atoms with van der Waals surface area (Å²) in [4.78, 5) is 24.2. The van der Waals surface area contributed by atoms with Gasteiger partial charge in [-0.3, -0.25) is 4.79 Å². The van der Waals surface area contributed by atoms with Crippen molar-refractivity contribution in [3.05, 3.63) is 12.4 Å². The maximum absolute atomic E-state index is 11.5. The maximum Gasteiger partial charge on any atom is 0.222 e. The van der Waals surface area contributed by atoms with Crippen molar-refractivity contribution >= 4 is 17.5 Å². The number of aliphatic hydroxyl groups is 1. The normalized spacial score (nSPS) is 21.3. The number of carbonyl (C=O) groups is 1. The average Bonchev–Trinajstić information content (AvgIpc) is 3.20. The zero-order valence-electron chi connectivity index (χ0n) is 13.4. The van der Waals surface area contributed by atoms with Crippen LogP contribution in [0.2, 0.25) is 0 Å². The van der Waals surface area contributed by atoms with Crippen LogP contribution in [-0.2, 0) is 4.79 Å². The average molecular weight is 319 g/mol. The first-order chi connectivity index (χ1) is 11.3. The van der Waals surface area contributed by atoms with E-state index in [1.165, 1.54) is 0 Å². The summed E-state index contributed by atoms with van der Waals surface area (Å²) in [5, 5.41) is 12.7. The third kappa shape index (κ3) is 3.90. The van der Waals surface area contributed by atoms with Crippen LogP contribution in [0.25, 0.3) is 0 Å². The summed E-state index contributed by atoms with van der Waals surface area (Å²) in [5.41, 5.74) is 0. The number of aliphatic hydroxyl groups excluding tert-OH is 1. The summed E-state index contributed by atoms with van der Waals surface area (Å²) in [7, 11) is 0. The Bertz CT molecular complexity index is 539. The lowest BCUT2D eigenvalue weighted by atomic mass is 10.2. The van der Waals surface area contributed by atoms with Gasteiger partial charge in [-0.1, -0.05) is 0 Å². The van der Waals surface area contributed by atoms with Gasteiger partial charge in [0.1, 0.15) is 18.0 Å². The fraction of sp³-hybridized carbons (Fsp3) is 0.688. The summed E-state index contributed by atoms with van der Waals surface area (Å²) in [6.45, 7) is 3.58. The second kappa shape index (κ2) is 7.59. The van der Waals surface area contributed by atoms with Crippen LogP contribution in [0, 0.1) is 0 Å². The highest BCUT2D eigenvalue weighted by atomic mass is 16.3. The van der Waals surface area contributed by atoms with E-state index in [0.29, 0.717) is 6.42 Å². The molecule has 2 fully saturated rings. The highest BCUT2D eigenvalue weighted by molar-refractivity contribution is 5.78. The van der Waals surface area contributed by atoms with Crippen LogP contribution in [0.1, 0.15) is 32.1 Å². The number of aromatic nitrogens is 2. The monoisotopic (exact) mass is 319 g/mol. The summed E-state index contributed by atoms with van der Waals surface area (Å²) >= 11 is 0. The van der Waals surface area contributed by atoms with E-state index in [0.717, 1.165) is 63.5 Å². The Kier molecular flexibility index (Phi) is 5.27. The Morgan fingerprint density at radius 2 is 2.22 bits per heavy atom. The van der Waals surface area contributed by atoms with Crippen LogP contribution >= 0.6 is 0 Å². The van der Waals surface area contributed by atoms with Gasteiger partial charge in [-0.15, -0.1) is 0 Å². The van der Waals surface area contributed by atoms with E-state index in [-0.39, 0.29) is 18.6 Å². The number of rotatable bonds is 7. The molecule has 23 heavy (non-hydrogen) atoms. The highest BCUT2D eigenvalue weighted by Crippen LogP contribution is 2.24. The van der Waals surface area contributed by atoms with E-state index >= 15 is 0 Å². The zero-order valence-corrected chi connectivity index (χ0v) is 13.4. The van der Waals surface area contributed by atoms with E-state index in [2.05, 4.69) is 20.2 Å². The standard InChI is InChI=1S/C16H25N5O2/c22-11-13-4-1-9-21(13)15-10-14(18-12-19-15)17-6-3-8-20-7-2-5-16(20)23/h10,12-13,22H,1-9,11H2,(H,17,18,19). The summed E-state index contributed by atoms with van der Waals surface area (Å²) in [6.07, 6.45) is 6.26. The first-order valence-electron chi connectivity index (χ1n) is 8.49. The van der Waals surface area contributed by atoms with E-state index in [9.17, 15) is 9.90 Å². The lowest BCUT2D eigenvalue weighted by Crippen LogP contribution is -2.32. The van der Waals surface area contributed by atoms with Crippen molar-refractivity contribution in [2.45, 2.75) is 38.1 Å². The number of nitrogens with zero attached hydrogens (tertiary/aromatic N) is 4. The molecule has 1 aromatic rings. The molecule has 126 valence electrons. The molecule has 0 saturated carbocycles. The van der Waals surface area contributed by atoms with E-state index in [1.807, 2.05) is 11.0 Å². The molecule has 7 nitrogen and oxygen atoms in total. The molecule has 2 aliphatic heterocycles. The molecular weight excluding hydrogens is 294 g/mol. The molecule has 7 heteroatoms. The van der Waals surface area contributed by atoms with Crippen molar-refractivity contribution in [2.24, 2.45) is 0 Å². The predicted molar refractivity (Wildman–Crippen MR) is 88.4 cm³/mol. The van der Waals surface area contributed by atoms with Gasteiger partial charge < -0.3 is 20.2 Å². The quantitative estimate of drug-likeness (QED) is 0.726. The van der Waals surface area contributed by atoms with Crippen molar-refractivity contribution in [2.75, 3.05) is 43.0 Å². The Morgan fingerprint density at radius 1 is 1.30 bits per heavy atom. The molecule has 3 heterocycles. The van der Waals surface area contributed by atoms with E-state index < -0.39 is 0 Å². The van der Waals surface area contributed by atoms with Gasteiger partial charge in [-0.25, -0.2) is 9.97 Å². The van der Waals surface area contributed by atoms with Gasteiger partial charge in [0.15, 0.2) is 0 Å². The first kappa shape index (κ1) is 16.0. The number of anilines is 2. The van der Waals surface area contributed by atoms with Gasteiger partial charge in [0.05, 0.1) is 12.6 Å². The van der Waals surface area contributed by atoms with Crippen molar-refractivity contribution in [3.8, 4) is 0 Å². The van der Waals surface area contributed by atoms with Crippen molar-refractivity contribution < 1.29 is 9.90 Å². The van der Waals surface area contributed by atoms with Crippen molar-refractivity contribution in [3.63, 3.8) is 0 Å². The van der Waals surface area contributed by atoms with E-state index in [1.54, 1.807) is 6.33 Å². The highest BCUT2D eigenvalue weighted by Gasteiger charge is 2.25. The lowest BCUT2D eigenvalue weighted by molar-refractivity contribution is -0.127. The second-order valence-electron chi connectivity index (χ2n) is 6.20. The van der Waals surface area contributed by atoms with Gasteiger partial charge in [-0.05, 0) is 25.7 Å². The summed E-state index contributed by atoms with van der Waals surface area (Å²) < 4.78 is 0. The van der Waals surface area contributed by atoms with Crippen LogP contribution in [0.15, 0.2) is 12.4 Å². The van der Waals surface area contributed by atoms with Gasteiger partial charge in [-0.2, -0.15) is 0 Å². The zero-order chi connectivity index (χ0) is 16.1. The SMILES string of the molecule is O=C1CCCN1CCCNc1cc(N2CCCC2CO)ncn1. The molecular formula is C16H25N5O2. The molecule has 0 spiro atoms. The molecule has 0 bridgehead atoms. The molecule has 1 aromatic heterocycles. The minimum Gasteiger partial charge on any atom is -0.394 e. The third-order valence-corrected chi connectivity index (χ3v) is 4.62. The molecule has 1 amide bonds. The van der Waals surface area contributed by atoms with Crippen LogP contribution in [0.5, 0.6) is 0 Å². The fourth-order valence-corrected chi connectivity index (χ4v) is 3.35. The van der Waals surface area contributed by atoms with Crippen molar-refractivity contribution in [1.82, 2.24) is 14.9 Å². The lowest BCUT2D eigenvalue weighted by Gasteiger charge is -2.24. The predicted octanol–water partition coefficient (Wildman–Crippen LogP) is 0.862. The Labute approximate surface area is 136 Å². The summed E-state index contributed by atoms with van der Waals surface area (Å²) in [6, 6.07) is 2.11. The number of nitrogens with one attached hydrogen (secondary N) is 1. The Balaban J connectivity index is 1.48. The third-order valence-electron chi connectivity index (χ3n) is 4.62. The molecule has 0 aromatic carbocycles. The molecule has 2 saturated heterocycles. The summed E-state index contributed by atoms with van der Waals surface area (Å²) in [5.74, 6) is 1.94. The largest absolute Gasteiger partial charge is 0.394 e. The number of carbonyl (C=O) groups excluding carboxylic acids is 1. The fourth-order valence-electron chi connectivity index (χ4n) is 3.35. The Morgan fingerprint density at radius 3 is 3.00 bits per heavy atom. The second-order valence-corrected chi connectivity index (χ2v) is 6.20. The minimum absolute atomic E-state index is 0.163. The van der Waals surface area contributed by atoms with Gasteiger partial charge in [0.2, 0.25) is 5.91 Å². The van der Waals surface area contributed by atoms with Crippen LogP contribution in [0.3, 0.4) is 0 Å². The minimum atomic E-state index is 0.163. The molecule has 2 aliphatic rings. The smallest absolute Gasteiger partial charge is 0.222 e. The molecule has 3 rings (SSSR count). The van der Waals surface area contributed by atoms with Gasteiger partial charge >= 0.3 is 0 Å². The first-order valence-corrected chi connectivity index (χ1v) is 8.49. The molecule has 1 atom stereocenters. The van der Waals surface area contributed by atoms with Crippen LogP contribution in [0.4, 0.5) is 11.6 Å². The topological polar surface area (TPSA) is 81.6 Å². The van der Waals surface area contributed by atoms with Gasteiger partial charge in [0.25, 0.3) is 0 Å². The Hall–Kier alpha value is -1.89. The van der Waals surface area contributed by atoms with Crippen molar-refractivity contribution in [1.29, 1.82) is 0 Å².